The predicted molar refractivity (Wildman–Crippen MR) is 92.0 cm³/mol. The summed E-state index contributed by atoms with van der Waals surface area (Å²) in [5.74, 6) is -0.612. The number of benzene rings is 1. The molecule has 1 N–H and O–H groups in total. The summed E-state index contributed by atoms with van der Waals surface area (Å²) < 4.78 is 2.04. The molecule has 0 radical (unpaired) electrons. The Bertz CT molecular complexity index is 983. The number of nitro groups is 1. The van der Waals surface area contributed by atoms with E-state index < -0.39 is 10.8 Å². The number of rotatable bonds is 3. The lowest BCUT2D eigenvalue weighted by Crippen LogP contribution is -2.18. The third-order valence-electron chi connectivity index (χ3n) is 3.55. The minimum Gasteiger partial charge on any atom is -0.318 e. The molecule has 0 spiro atoms. The van der Waals surface area contributed by atoms with E-state index in [2.05, 4.69) is 31.3 Å². The summed E-state index contributed by atoms with van der Waals surface area (Å²) in [6.45, 7) is 1.49. The third kappa shape index (κ3) is 2.62. The molecule has 0 saturated carbocycles. The Labute approximate surface area is 144 Å². The van der Waals surface area contributed by atoms with Gasteiger partial charge >= 0.3 is 5.69 Å². The minimum atomic E-state index is -0.612. The van der Waals surface area contributed by atoms with Crippen LogP contribution in [0.3, 0.4) is 0 Å². The Morgan fingerprint density at radius 1 is 1.38 bits per heavy atom. The van der Waals surface area contributed by atoms with Gasteiger partial charge in [-0.1, -0.05) is 22.0 Å². The zero-order valence-corrected chi connectivity index (χ0v) is 14.4. The molecule has 0 atom stereocenters. The number of anilines is 1. The molecule has 3 aromatic rings. The second-order valence-corrected chi connectivity index (χ2v) is 5.97. The van der Waals surface area contributed by atoms with Crippen LogP contribution in [0.15, 0.2) is 34.9 Å². The highest BCUT2D eigenvalue weighted by atomic mass is 79.9. The van der Waals surface area contributed by atoms with Crippen molar-refractivity contribution in [3.05, 3.63) is 56.4 Å². The van der Waals surface area contributed by atoms with Crippen molar-refractivity contribution in [2.45, 2.75) is 6.92 Å². The third-order valence-corrected chi connectivity index (χ3v) is 4.24. The highest BCUT2D eigenvalue weighted by molar-refractivity contribution is 9.10. The van der Waals surface area contributed by atoms with Crippen molar-refractivity contribution in [3.63, 3.8) is 0 Å². The molecule has 2 heterocycles. The largest absolute Gasteiger partial charge is 0.322 e. The monoisotopic (exact) mass is 389 g/mol. The number of halogens is 1. The van der Waals surface area contributed by atoms with E-state index in [9.17, 15) is 14.9 Å². The van der Waals surface area contributed by atoms with Gasteiger partial charge in [-0.05, 0) is 25.1 Å². The van der Waals surface area contributed by atoms with Crippen LogP contribution in [0.25, 0.3) is 10.9 Å². The lowest BCUT2D eigenvalue weighted by molar-refractivity contribution is -0.385. The smallest absolute Gasteiger partial charge is 0.318 e. The van der Waals surface area contributed by atoms with Crippen LogP contribution in [-0.4, -0.2) is 25.6 Å². The average molecular weight is 390 g/mol. The fourth-order valence-corrected chi connectivity index (χ4v) is 2.99. The van der Waals surface area contributed by atoms with Crippen LogP contribution in [0.5, 0.6) is 0 Å². The van der Waals surface area contributed by atoms with Crippen LogP contribution in [0.1, 0.15) is 16.2 Å². The van der Waals surface area contributed by atoms with Crippen LogP contribution >= 0.6 is 15.9 Å². The number of aromatic nitrogens is 3. The van der Waals surface area contributed by atoms with Crippen molar-refractivity contribution in [2.24, 2.45) is 7.05 Å². The molecule has 3 rings (SSSR count). The van der Waals surface area contributed by atoms with Crippen molar-refractivity contribution in [3.8, 4) is 0 Å². The Morgan fingerprint density at radius 3 is 2.83 bits per heavy atom. The number of hydrogen-bond donors (Lipinski definition) is 1. The van der Waals surface area contributed by atoms with Crippen molar-refractivity contribution < 1.29 is 9.72 Å². The summed E-state index contributed by atoms with van der Waals surface area (Å²) >= 11 is 3.43. The summed E-state index contributed by atoms with van der Waals surface area (Å²) in [7, 11) is 1.49. The molecule has 0 aliphatic rings. The fraction of sp³-hybridized carbons (Fsp3) is 0.133. The van der Waals surface area contributed by atoms with Gasteiger partial charge in [-0.15, -0.1) is 0 Å². The zero-order valence-electron chi connectivity index (χ0n) is 12.8. The number of aryl methyl sites for hydroxylation is 2. The molecule has 9 heteroatoms. The standard InChI is InChI=1S/C15H12BrN5O3/c1-8-13(21(23)24)14(20(2)19-8)15(22)18-11-6-5-10(16)9-4-3-7-17-12(9)11/h3-7H,1-2H3,(H,18,22). The Hall–Kier alpha value is -2.81. The fourth-order valence-electron chi connectivity index (χ4n) is 2.54. The minimum absolute atomic E-state index is 0.107. The first-order valence-corrected chi connectivity index (χ1v) is 7.72. The van der Waals surface area contributed by atoms with Crippen LogP contribution in [0.4, 0.5) is 11.4 Å². The summed E-state index contributed by atoms with van der Waals surface area (Å²) in [4.78, 5) is 27.5. The number of nitrogens with one attached hydrogen (secondary N) is 1. The second-order valence-electron chi connectivity index (χ2n) is 5.11. The molecule has 1 aromatic carbocycles. The predicted octanol–water partition coefficient (Wildman–Crippen LogP) is 3.20. The lowest BCUT2D eigenvalue weighted by Gasteiger charge is -2.09. The molecule has 2 aromatic heterocycles. The number of fused-ring (bicyclic) bond motifs is 1. The molecule has 1 amide bonds. The van der Waals surface area contributed by atoms with E-state index >= 15 is 0 Å². The molecule has 24 heavy (non-hydrogen) atoms. The molecule has 0 fully saturated rings. The number of carbonyl (C=O) groups excluding carboxylic acids is 1. The van der Waals surface area contributed by atoms with Crippen LogP contribution in [0.2, 0.25) is 0 Å². The molecular formula is C15H12BrN5O3. The maximum Gasteiger partial charge on any atom is 0.322 e. The number of hydrogen-bond acceptors (Lipinski definition) is 5. The Balaban J connectivity index is 2.06. The van der Waals surface area contributed by atoms with Gasteiger partial charge in [0.1, 0.15) is 5.69 Å². The van der Waals surface area contributed by atoms with E-state index in [4.69, 9.17) is 0 Å². The summed E-state index contributed by atoms with van der Waals surface area (Å²) in [6, 6.07) is 7.11. The van der Waals surface area contributed by atoms with Gasteiger partial charge in [0, 0.05) is 23.1 Å². The number of nitrogens with zero attached hydrogens (tertiary/aromatic N) is 4. The van der Waals surface area contributed by atoms with Gasteiger partial charge in [-0.25, -0.2) is 0 Å². The quantitative estimate of drug-likeness (QED) is 0.547. The maximum absolute atomic E-state index is 12.6. The van der Waals surface area contributed by atoms with Gasteiger partial charge in [-0.2, -0.15) is 5.10 Å². The van der Waals surface area contributed by atoms with Gasteiger partial charge in [-0.3, -0.25) is 24.6 Å². The number of pyridine rings is 1. The van der Waals surface area contributed by atoms with Crippen LogP contribution in [-0.2, 0) is 7.05 Å². The SMILES string of the molecule is Cc1nn(C)c(C(=O)Nc2ccc(Br)c3cccnc23)c1[N+](=O)[O-]. The van der Waals surface area contributed by atoms with E-state index in [1.54, 1.807) is 24.4 Å². The first-order chi connectivity index (χ1) is 11.4. The molecular weight excluding hydrogens is 378 g/mol. The Kier molecular flexibility index (Phi) is 4.02. The molecule has 122 valence electrons. The van der Waals surface area contributed by atoms with Crippen molar-refractivity contribution in [2.75, 3.05) is 5.32 Å². The normalized spacial score (nSPS) is 10.8. The van der Waals surface area contributed by atoms with Crippen molar-refractivity contribution in [1.29, 1.82) is 0 Å². The molecule has 0 saturated heterocycles. The van der Waals surface area contributed by atoms with Gasteiger partial charge < -0.3 is 5.32 Å². The molecule has 0 aliphatic heterocycles. The topological polar surface area (TPSA) is 103 Å². The summed E-state index contributed by atoms with van der Waals surface area (Å²) in [6.07, 6.45) is 1.61. The summed E-state index contributed by atoms with van der Waals surface area (Å²) in [5, 5.41) is 18.7. The van der Waals surface area contributed by atoms with E-state index in [0.717, 1.165) is 9.86 Å². The number of carbonyl (C=O) groups is 1. The van der Waals surface area contributed by atoms with Gasteiger partial charge in [0.2, 0.25) is 5.69 Å². The van der Waals surface area contributed by atoms with E-state index in [-0.39, 0.29) is 17.1 Å². The highest BCUT2D eigenvalue weighted by Gasteiger charge is 2.29. The van der Waals surface area contributed by atoms with Crippen molar-refractivity contribution in [1.82, 2.24) is 14.8 Å². The summed E-state index contributed by atoms with van der Waals surface area (Å²) in [5.41, 5.74) is 0.828. The Morgan fingerprint density at radius 2 is 2.12 bits per heavy atom. The molecule has 0 aliphatic carbocycles. The highest BCUT2D eigenvalue weighted by Crippen LogP contribution is 2.29. The van der Waals surface area contributed by atoms with Gasteiger partial charge in [0.15, 0.2) is 0 Å². The first kappa shape index (κ1) is 16.1. The average Bonchev–Trinajstić information content (AvgIpc) is 2.85. The molecule has 0 bridgehead atoms. The van der Waals surface area contributed by atoms with E-state index in [1.807, 2.05) is 6.07 Å². The van der Waals surface area contributed by atoms with Crippen LogP contribution in [0, 0.1) is 17.0 Å². The lowest BCUT2D eigenvalue weighted by atomic mass is 10.2. The van der Waals surface area contributed by atoms with Gasteiger partial charge in [0.25, 0.3) is 5.91 Å². The second kappa shape index (κ2) is 6.00. The zero-order chi connectivity index (χ0) is 17.4. The number of amides is 1. The van der Waals surface area contributed by atoms with E-state index in [1.165, 1.54) is 18.7 Å². The van der Waals surface area contributed by atoms with Crippen LogP contribution < -0.4 is 5.32 Å². The molecule has 8 nitrogen and oxygen atoms in total. The van der Waals surface area contributed by atoms with Gasteiger partial charge in [0.05, 0.1) is 16.1 Å². The molecule has 0 unspecified atom stereocenters. The van der Waals surface area contributed by atoms with Crippen molar-refractivity contribution >= 4 is 44.1 Å². The van der Waals surface area contributed by atoms with E-state index in [0.29, 0.717) is 11.2 Å². The first-order valence-electron chi connectivity index (χ1n) is 6.92. The maximum atomic E-state index is 12.6.